The number of para-hydroxylation sites is 1. The molecular formula is C46H68FNO4. The fraction of sp³-hybridized carbons (Fsp3) is 0.587. The maximum absolute atomic E-state index is 14.4. The van der Waals surface area contributed by atoms with Crippen molar-refractivity contribution in [2.45, 2.75) is 163 Å². The zero-order valence-electron chi connectivity index (χ0n) is 35.0. The summed E-state index contributed by atoms with van der Waals surface area (Å²) in [6.07, 6.45) is 5.39. The van der Waals surface area contributed by atoms with Crippen molar-refractivity contribution in [2.24, 2.45) is 4.99 Å². The molecule has 0 bridgehead atoms. The zero-order chi connectivity index (χ0) is 39.4. The molecule has 0 aliphatic heterocycles. The van der Waals surface area contributed by atoms with Crippen molar-refractivity contribution in [1.82, 2.24) is 0 Å². The molecule has 3 rings (SSSR count). The molecule has 3 aromatic rings. The summed E-state index contributed by atoms with van der Waals surface area (Å²) in [4.78, 5) is 4.89. The molecule has 0 amide bonds. The van der Waals surface area contributed by atoms with Gasteiger partial charge in [0.25, 0.3) is 0 Å². The summed E-state index contributed by atoms with van der Waals surface area (Å²) in [5.41, 5.74) is 2.73. The maximum Gasteiger partial charge on any atom is 0.165 e. The van der Waals surface area contributed by atoms with Crippen LogP contribution in [0.25, 0.3) is 0 Å². The molecule has 0 saturated carbocycles. The van der Waals surface area contributed by atoms with Crippen LogP contribution in [0.5, 0.6) is 17.2 Å². The number of aliphatic hydroxyl groups is 1. The highest BCUT2D eigenvalue weighted by molar-refractivity contribution is 5.83. The Morgan fingerprint density at radius 2 is 1.04 bits per heavy atom. The van der Waals surface area contributed by atoms with Crippen LogP contribution in [0.15, 0.2) is 47.5 Å². The summed E-state index contributed by atoms with van der Waals surface area (Å²) < 4.78 is 27.7. The van der Waals surface area contributed by atoms with Gasteiger partial charge in [-0.3, -0.25) is 4.99 Å². The highest BCUT2D eigenvalue weighted by Gasteiger charge is 2.43. The summed E-state index contributed by atoms with van der Waals surface area (Å²) >= 11 is 0. The molecule has 0 aliphatic rings. The van der Waals surface area contributed by atoms with Crippen molar-refractivity contribution < 1.29 is 24.1 Å². The van der Waals surface area contributed by atoms with Crippen LogP contribution in [0.2, 0.25) is 0 Å². The minimum Gasteiger partial charge on any atom is -0.504 e. The van der Waals surface area contributed by atoms with E-state index in [4.69, 9.17) is 14.5 Å². The smallest absolute Gasteiger partial charge is 0.165 e. The number of aromatic hydroxyl groups is 1. The van der Waals surface area contributed by atoms with E-state index in [0.717, 1.165) is 59.4 Å². The van der Waals surface area contributed by atoms with Gasteiger partial charge in [-0.1, -0.05) is 116 Å². The van der Waals surface area contributed by atoms with Crippen LogP contribution >= 0.6 is 0 Å². The van der Waals surface area contributed by atoms with Gasteiger partial charge in [0.1, 0.15) is 17.1 Å². The number of rotatable bonds is 13. The molecule has 3 aromatic carbocycles. The molecule has 1 unspecified atom stereocenters. The van der Waals surface area contributed by atoms with Gasteiger partial charge in [0.2, 0.25) is 0 Å². The molecule has 0 aliphatic carbocycles. The van der Waals surface area contributed by atoms with Crippen LogP contribution in [0.1, 0.15) is 168 Å². The van der Waals surface area contributed by atoms with Gasteiger partial charge < -0.3 is 19.7 Å². The van der Waals surface area contributed by atoms with Gasteiger partial charge in [0, 0.05) is 34.0 Å². The Hall–Kier alpha value is -3.38. The van der Waals surface area contributed by atoms with E-state index >= 15 is 0 Å². The minimum atomic E-state index is -1.66. The minimum absolute atomic E-state index is 0.241. The highest BCUT2D eigenvalue weighted by atomic mass is 19.1. The van der Waals surface area contributed by atoms with E-state index in [-0.39, 0.29) is 27.2 Å². The second-order valence-corrected chi connectivity index (χ2v) is 18.6. The number of aliphatic imine (C=N–C) groups is 1. The van der Waals surface area contributed by atoms with Crippen molar-refractivity contribution in [2.75, 3.05) is 13.2 Å². The first kappa shape index (κ1) is 43.0. The Morgan fingerprint density at radius 3 is 1.37 bits per heavy atom. The standard InChI is InChI=1S/C46H68FNO4/c1-16-18-23-51-40-34(42(4,5)6)25-32(26-35(40)43(7,8)9)46(50,30(3)48-29-31-21-20-22-38(47)39(31)49)33-27-36(44(10,11)12)41(52-24-19-17-2)37(28-33)45(13,14)15/h20-22,25-30,49-50H,16-19,23-24H2,1-15H3. The quantitative estimate of drug-likeness (QED) is 0.136. The van der Waals surface area contributed by atoms with Gasteiger partial charge in [0.05, 0.1) is 19.3 Å². The van der Waals surface area contributed by atoms with E-state index in [1.165, 1.54) is 18.3 Å². The van der Waals surface area contributed by atoms with Crippen LogP contribution in [0.4, 0.5) is 4.39 Å². The van der Waals surface area contributed by atoms with Crippen molar-refractivity contribution in [3.8, 4) is 17.2 Å². The molecule has 0 fully saturated rings. The van der Waals surface area contributed by atoms with E-state index in [0.29, 0.717) is 24.3 Å². The average Bonchev–Trinajstić information content (AvgIpc) is 3.03. The van der Waals surface area contributed by atoms with E-state index in [2.05, 4.69) is 121 Å². The lowest BCUT2D eigenvalue weighted by atomic mass is 9.71. The fourth-order valence-electron chi connectivity index (χ4n) is 6.46. The number of hydrogen-bond acceptors (Lipinski definition) is 5. The Labute approximate surface area is 315 Å². The van der Waals surface area contributed by atoms with Crippen LogP contribution in [0.3, 0.4) is 0 Å². The Kier molecular flexibility index (Phi) is 13.5. The lowest BCUT2D eigenvalue weighted by molar-refractivity contribution is 0.0581. The van der Waals surface area contributed by atoms with Gasteiger partial charge >= 0.3 is 0 Å². The van der Waals surface area contributed by atoms with Gasteiger partial charge in [0.15, 0.2) is 11.6 Å². The lowest BCUT2D eigenvalue weighted by Gasteiger charge is -2.39. The van der Waals surface area contributed by atoms with Crippen molar-refractivity contribution in [3.63, 3.8) is 0 Å². The van der Waals surface area contributed by atoms with Crippen LogP contribution < -0.4 is 9.47 Å². The van der Waals surface area contributed by atoms with Crippen LogP contribution in [0, 0.1) is 5.82 Å². The molecule has 0 radical (unpaired) electrons. The second kappa shape index (κ2) is 16.3. The summed E-state index contributed by atoms with van der Waals surface area (Å²) in [6.45, 7) is 33.5. The predicted octanol–water partition coefficient (Wildman–Crippen LogP) is 11.8. The highest BCUT2D eigenvalue weighted by Crippen LogP contribution is 2.48. The van der Waals surface area contributed by atoms with Crippen LogP contribution in [-0.4, -0.2) is 35.7 Å². The third-order valence-electron chi connectivity index (χ3n) is 9.84. The van der Waals surface area contributed by atoms with Crippen molar-refractivity contribution >= 4 is 6.21 Å². The van der Waals surface area contributed by atoms with Gasteiger partial charge in [-0.2, -0.15) is 0 Å². The SMILES string of the molecule is CCCCOc1c(C(C)(C)C)cc(C(O)(c2cc(C(C)(C)C)c(OCCCC)c(C(C)(C)C)c2)C(C)N=Cc2cccc(F)c2O)cc1C(C)(C)C. The summed E-state index contributed by atoms with van der Waals surface area (Å²) in [6, 6.07) is 12.0. The first-order chi connectivity index (χ1) is 23.9. The molecule has 0 saturated heterocycles. The predicted molar refractivity (Wildman–Crippen MR) is 217 cm³/mol. The Balaban J connectivity index is 2.57. The summed E-state index contributed by atoms with van der Waals surface area (Å²) in [7, 11) is 0. The van der Waals surface area contributed by atoms with Gasteiger partial charge in [-0.25, -0.2) is 4.39 Å². The summed E-state index contributed by atoms with van der Waals surface area (Å²) in [5.74, 6) is 0.536. The van der Waals surface area contributed by atoms with Crippen LogP contribution in [-0.2, 0) is 27.3 Å². The fourth-order valence-corrected chi connectivity index (χ4v) is 6.46. The molecule has 0 spiro atoms. The van der Waals surface area contributed by atoms with E-state index < -0.39 is 23.2 Å². The third-order valence-corrected chi connectivity index (χ3v) is 9.84. The second-order valence-electron chi connectivity index (χ2n) is 18.6. The maximum atomic E-state index is 14.4. The molecule has 0 aromatic heterocycles. The van der Waals surface area contributed by atoms with Crippen molar-refractivity contribution in [3.05, 3.63) is 87.2 Å². The number of benzene rings is 3. The molecule has 6 heteroatoms. The molecule has 0 heterocycles. The normalized spacial score (nSPS) is 13.9. The summed E-state index contributed by atoms with van der Waals surface area (Å²) in [5, 5.41) is 24.2. The monoisotopic (exact) mass is 718 g/mol. The number of unbranched alkanes of at least 4 members (excludes halogenated alkanes) is 2. The van der Waals surface area contributed by atoms with Gasteiger partial charge in [-0.05, 0) is 89.0 Å². The first-order valence-electron chi connectivity index (χ1n) is 19.3. The van der Waals surface area contributed by atoms with Gasteiger partial charge in [-0.15, -0.1) is 0 Å². The number of halogens is 1. The molecule has 2 N–H and O–H groups in total. The number of hydrogen-bond donors (Lipinski definition) is 2. The number of phenolic OH excluding ortho intramolecular Hbond substituents is 1. The molecule has 1 atom stereocenters. The number of nitrogens with zero attached hydrogens (tertiary/aromatic N) is 1. The third kappa shape index (κ3) is 9.78. The van der Waals surface area contributed by atoms with Crippen molar-refractivity contribution in [1.29, 1.82) is 0 Å². The molecular weight excluding hydrogens is 650 g/mol. The van der Waals surface area contributed by atoms with E-state index in [9.17, 15) is 14.6 Å². The van der Waals surface area contributed by atoms with E-state index in [1.807, 2.05) is 6.92 Å². The zero-order valence-corrected chi connectivity index (χ0v) is 35.0. The molecule has 288 valence electrons. The molecule has 5 nitrogen and oxygen atoms in total. The lowest BCUT2D eigenvalue weighted by Crippen LogP contribution is -2.40. The average molecular weight is 718 g/mol. The van der Waals surface area contributed by atoms with E-state index in [1.54, 1.807) is 6.07 Å². The Morgan fingerprint density at radius 1 is 0.673 bits per heavy atom. The number of phenols is 1. The topological polar surface area (TPSA) is 71.3 Å². The first-order valence-corrected chi connectivity index (χ1v) is 19.3. The molecule has 52 heavy (non-hydrogen) atoms. The Bertz CT molecular complexity index is 1540. The largest absolute Gasteiger partial charge is 0.504 e. The number of ether oxygens (including phenoxy) is 2.